The molecule has 200 valence electrons. The molecule has 3 saturated heterocycles. The van der Waals surface area contributed by atoms with E-state index in [1.54, 1.807) is 0 Å². The summed E-state index contributed by atoms with van der Waals surface area (Å²) in [5.74, 6) is 0.0648. The largest absolute Gasteiger partial charge is 0.376 e. The predicted octanol–water partition coefficient (Wildman–Crippen LogP) is 4.01. The Bertz CT molecular complexity index is 1010. The van der Waals surface area contributed by atoms with Gasteiger partial charge in [0.05, 0.1) is 6.10 Å². The maximum Gasteiger partial charge on any atom is 0.246 e. The topological polar surface area (TPSA) is 61.9 Å². The summed E-state index contributed by atoms with van der Waals surface area (Å²) < 4.78 is 5.91. The monoisotopic (exact) mass is 525 g/mol. The van der Waals surface area contributed by atoms with Gasteiger partial charge in [-0.05, 0) is 62.6 Å². The summed E-state index contributed by atoms with van der Waals surface area (Å²) in [6, 6.07) is 20.1. The van der Waals surface area contributed by atoms with Crippen molar-refractivity contribution in [2.75, 3.05) is 32.8 Å². The van der Waals surface area contributed by atoms with Crippen molar-refractivity contribution in [1.29, 1.82) is 0 Å². The highest BCUT2D eigenvalue weighted by Crippen LogP contribution is 2.35. The average Bonchev–Trinajstić information content (AvgIpc) is 3.43. The number of unbranched alkanes of at least 4 members (excludes halogenated alkanes) is 1. The molecule has 0 unspecified atom stereocenters. The van der Waals surface area contributed by atoms with Gasteiger partial charge in [-0.2, -0.15) is 0 Å². The number of amides is 2. The Kier molecular flexibility index (Phi) is 9.63. The number of nitrogens with one attached hydrogen (secondary N) is 1. The van der Waals surface area contributed by atoms with Crippen LogP contribution in [0.1, 0.15) is 49.7 Å². The normalized spacial score (nSPS) is 23.6. The molecule has 1 N–H and O–H groups in total. The van der Waals surface area contributed by atoms with Crippen LogP contribution >= 0.6 is 12.4 Å². The number of hydrogen-bond acceptors (Lipinski definition) is 4. The van der Waals surface area contributed by atoms with Crippen LogP contribution < -0.4 is 5.32 Å². The molecular formula is C30H40ClN3O3. The summed E-state index contributed by atoms with van der Waals surface area (Å²) in [7, 11) is 0. The fraction of sp³-hybridized carbons (Fsp3) is 0.533. The fourth-order valence-corrected chi connectivity index (χ4v) is 6.07. The van der Waals surface area contributed by atoms with Crippen LogP contribution in [0.25, 0.3) is 0 Å². The van der Waals surface area contributed by atoms with E-state index in [9.17, 15) is 9.59 Å². The number of likely N-dealkylation sites (tertiary alicyclic amines) is 1. The van der Waals surface area contributed by atoms with Crippen LogP contribution in [0.2, 0.25) is 0 Å². The van der Waals surface area contributed by atoms with E-state index >= 15 is 0 Å². The highest BCUT2D eigenvalue weighted by atomic mass is 35.5. The molecule has 2 aromatic carbocycles. The van der Waals surface area contributed by atoms with Gasteiger partial charge >= 0.3 is 0 Å². The summed E-state index contributed by atoms with van der Waals surface area (Å²) in [4.78, 5) is 31.9. The molecule has 0 radical (unpaired) electrons. The molecule has 1 spiro atoms. The third-order valence-corrected chi connectivity index (χ3v) is 8.22. The van der Waals surface area contributed by atoms with Gasteiger partial charge in [-0.3, -0.25) is 9.59 Å². The number of nitrogens with zero attached hydrogens (tertiary/aromatic N) is 2. The van der Waals surface area contributed by atoms with Crippen LogP contribution in [0, 0.1) is 0 Å². The van der Waals surface area contributed by atoms with Crippen LogP contribution in [0.5, 0.6) is 0 Å². The number of benzene rings is 2. The van der Waals surface area contributed by atoms with Crippen molar-refractivity contribution < 1.29 is 14.3 Å². The van der Waals surface area contributed by atoms with Crippen molar-refractivity contribution in [2.45, 2.75) is 69.1 Å². The molecule has 37 heavy (non-hydrogen) atoms. The van der Waals surface area contributed by atoms with Crippen molar-refractivity contribution in [3.05, 3.63) is 71.8 Å². The fourth-order valence-electron chi connectivity index (χ4n) is 6.07. The Hall–Kier alpha value is -2.41. The van der Waals surface area contributed by atoms with E-state index in [4.69, 9.17) is 4.74 Å². The van der Waals surface area contributed by atoms with Crippen LogP contribution in [-0.4, -0.2) is 72.1 Å². The molecule has 3 heterocycles. The Balaban J connectivity index is 0.00000320. The van der Waals surface area contributed by atoms with Crippen LogP contribution in [-0.2, 0) is 27.2 Å². The molecule has 3 aliphatic heterocycles. The van der Waals surface area contributed by atoms with E-state index in [1.165, 1.54) is 5.56 Å². The molecule has 2 aromatic rings. The Morgan fingerprint density at radius 2 is 1.59 bits per heavy atom. The van der Waals surface area contributed by atoms with Gasteiger partial charge in [-0.25, -0.2) is 0 Å². The van der Waals surface area contributed by atoms with Gasteiger partial charge in [0.25, 0.3) is 0 Å². The van der Waals surface area contributed by atoms with Gasteiger partial charge in [-0.15, -0.1) is 12.4 Å². The standard InChI is InChI=1S/C30H39N3O3.ClH/c34-28-27(22-25-13-5-2-6-14-25)31-29(35)30(33(28)23-26-15-9-21-36-26)16-19-32(20-17-30)18-8-7-12-24-10-3-1-4-11-24;/h1-6,10-11,13-14,26-27H,7-9,12,15-23H2,(H,31,35);1H/t26-,27-;/m0./s1. The predicted molar refractivity (Wildman–Crippen MR) is 148 cm³/mol. The highest BCUT2D eigenvalue weighted by molar-refractivity contribution is 6.00. The van der Waals surface area contributed by atoms with Gasteiger partial charge in [-0.1, -0.05) is 60.7 Å². The number of piperidine rings is 1. The average molecular weight is 526 g/mol. The van der Waals surface area contributed by atoms with E-state index in [1.807, 2.05) is 35.2 Å². The SMILES string of the molecule is Cl.O=C1[C@H](Cc2ccccc2)NC(=O)C2(CCN(CCCCc3ccccc3)CC2)N1C[C@@H]1CCCO1. The highest BCUT2D eigenvalue weighted by Gasteiger charge is 2.54. The maximum atomic E-state index is 13.8. The molecule has 5 rings (SSSR count). The van der Waals surface area contributed by atoms with Gasteiger partial charge in [0.15, 0.2) is 0 Å². The molecule has 0 aromatic heterocycles. The zero-order chi connectivity index (χ0) is 24.8. The minimum Gasteiger partial charge on any atom is -0.376 e. The first-order chi connectivity index (χ1) is 17.6. The number of ether oxygens (including phenoxy) is 1. The minimum atomic E-state index is -0.753. The van der Waals surface area contributed by atoms with Crippen LogP contribution in [0.15, 0.2) is 60.7 Å². The summed E-state index contributed by atoms with van der Waals surface area (Å²) >= 11 is 0. The van der Waals surface area contributed by atoms with Gasteiger partial charge in [0.2, 0.25) is 11.8 Å². The van der Waals surface area contributed by atoms with Crippen LogP contribution in [0.4, 0.5) is 0 Å². The zero-order valence-electron chi connectivity index (χ0n) is 21.6. The van der Waals surface area contributed by atoms with E-state index in [2.05, 4.69) is 40.5 Å². The second kappa shape index (κ2) is 12.9. The summed E-state index contributed by atoms with van der Waals surface area (Å²) in [6.07, 6.45) is 7.33. The van der Waals surface area contributed by atoms with Gasteiger partial charge in [0.1, 0.15) is 11.6 Å². The Morgan fingerprint density at radius 3 is 2.24 bits per heavy atom. The number of carbonyl (C=O) groups is 2. The van der Waals surface area contributed by atoms with Crippen LogP contribution in [0.3, 0.4) is 0 Å². The summed E-state index contributed by atoms with van der Waals surface area (Å²) in [6.45, 7) is 4.00. The summed E-state index contributed by atoms with van der Waals surface area (Å²) in [5, 5.41) is 3.13. The molecule has 7 heteroatoms. The lowest BCUT2D eigenvalue weighted by molar-refractivity contribution is -0.163. The summed E-state index contributed by atoms with van der Waals surface area (Å²) in [5.41, 5.74) is 1.70. The quantitative estimate of drug-likeness (QED) is 0.502. The molecule has 2 amide bonds. The number of piperazine rings is 1. The van der Waals surface area contributed by atoms with E-state index in [0.29, 0.717) is 25.8 Å². The number of carbonyl (C=O) groups excluding carboxylic acids is 2. The molecule has 0 aliphatic carbocycles. The van der Waals surface area contributed by atoms with Crippen molar-refractivity contribution in [1.82, 2.24) is 15.1 Å². The second-order valence-corrected chi connectivity index (χ2v) is 10.6. The molecule has 3 aliphatic rings. The van der Waals surface area contributed by atoms with Gasteiger partial charge < -0.3 is 19.9 Å². The van der Waals surface area contributed by atoms with E-state index in [-0.39, 0.29) is 30.3 Å². The smallest absolute Gasteiger partial charge is 0.246 e. The van der Waals surface area contributed by atoms with Crippen molar-refractivity contribution in [3.8, 4) is 0 Å². The van der Waals surface area contributed by atoms with E-state index in [0.717, 1.165) is 63.9 Å². The number of aryl methyl sites for hydroxylation is 1. The Labute approximate surface area is 227 Å². The third-order valence-electron chi connectivity index (χ3n) is 8.22. The number of halogens is 1. The lowest BCUT2D eigenvalue weighted by atomic mass is 9.80. The molecule has 0 bridgehead atoms. The maximum absolute atomic E-state index is 13.8. The lowest BCUT2D eigenvalue weighted by Gasteiger charge is -2.52. The van der Waals surface area contributed by atoms with Gasteiger partial charge in [0, 0.05) is 32.7 Å². The Morgan fingerprint density at radius 1 is 0.919 bits per heavy atom. The number of rotatable bonds is 9. The first-order valence-electron chi connectivity index (χ1n) is 13.7. The molecule has 3 fully saturated rings. The zero-order valence-corrected chi connectivity index (χ0v) is 22.5. The van der Waals surface area contributed by atoms with Crippen molar-refractivity contribution in [2.24, 2.45) is 0 Å². The molecular weight excluding hydrogens is 486 g/mol. The first-order valence-corrected chi connectivity index (χ1v) is 13.7. The lowest BCUT2D eigenvalue weighted by Crippen LogP contribution is -2.73. The van der Waals surface area contributed by atoms with E-state index < -0.39 is 11.6 Å². The second-order valence-electron chi connectivity index (χ2n) is 10.6. The molecule has 0 saturated carbocycles. The van der Waals surface area contributed by atoms with Crippen molar-refractivity contribution in [3.63, 3.8) is 0 Å². The first kappa shape index (κ1) is 27.6. The minimum absolute atomic E-state index is 0. The molecule has 2 atom stereocenters. The molecule has 6 nitrogen and oxygen atoms in total. The van der Waals surface area contributed by atoms with Crippen molar-refractivity contribution >= 4 is 24.2 Å². The number of hydrogen-bond donors (Lipinski definition) is 1. The third kappa shape index (κ3) is 6.54.